The standard InChI is InChI=1S/C22H25N5O2/c1-15-5-8-20-25-16(11-21(28)27(20)14-15)13-24-19-7-6-17(12-18(19)22(23)29)26-9-3-2-4-10-26/h5-8,11-12,14,24H,2-4,9-10,13H2,1H3,(H2,23,29). The predicted octanol–water partition coefficient (Wildman–Crippen LogP) is 2.70. The lowest BCUT2D eigenvalue weighted by Crippen LogP contribution is -2.29. The number of pyridine rings is 1. The summed E-state index contributed by atoms with van der Waals surface area (Å²) in [4.78, 5) is 31.2. The van der Waals surface area contributed by atoms with Crippen LogP contribution in [0.3, 0.4) is 0 Å². The first-order valence-corrected chi connectivity index (χ1v) is 9.93. The molecule has 7 heteroatoms. The number of nitrogens with two attached hydrogens (primary N) is 1. The highest BCUT2D eigenvalue weighted by Gasteiger charge is 2.15. The smallest absolute Gasteiger partial charge is 0.258 e. The van der Waals surface area contributed by atoms with Crippen molar-refractivity contribution >= 4 is 22.9 Å². The number of aromatic nitrogens is 2. The van der Waals surface area contributed by atoms with Crippen LogP contribution < -0.4 is 21.5 Å². The zero-order valence-corrected chi connectivity index (χ0v) is 16.5. The predicted molar refractivity (Wildman–Crippen MR) is 115 cm³/mol. The summed E-state index contributed by atoms with van der Waals surface area (Å²) in [6, 6.07) is 11.0. The van der Waals surface area contributed by atoms with E-state index in [9.17, 15) is 9.59 Å². The molecule has 0 radical (unpaired) electrons. The van der Waals surface area contributed by atoms with E-state index in [-0.39, 0.29) is 5.56 Å². The number of carbonyl (C=O) groups is 1. The molecule has 0 bridgehead atoms. The fourth-order valence-electron chi connectivity index (χ4n) is 3.77. The molecule has 29 heavy (non-hydrogen) atoms. The van der Waals surface area contributed by atoms with E-state index in [0.29, 0.717) is 29.1 Å². The topological polar surface area (TPSA) is 92.7 Å². The van der Waals surface area contributed by atoms with Crippen molar-refractivity contribution < 1.29 is 4.79 Å². The van der Waals surface area contributed by atoms with Crippen LogP contribution in [0.1, 0.15) is 40.9 Å². The Morgan fingerprint density at radius 3 is 2.69 bits per heavy atom. The number of fused-ring (bicyclic) bond motifs is 1. The summed E-state index contributed by atoms with van der Waals surface area (Å²) in [7, 11) is 0. The Balaban J connectivity index is 1.57. The molecule has 1 saturated heterocycles. The summed E-state index contributed by atoms with van der Waals surface area (Å²) in [6.07, 6.45) is 5.34. The van der Waals surface area contributed by atoms with Crippen molar-refractivity contribution in [3.05, 3.63) is 69.8 Å². The summed E-state index contributed by atoms with van der Waals surface area (Å²) in [6.45, 7) is 4.24. The van der Waals surface area contributed by atoms with Crippen LogP contribution in [0.5, 0.6) is 0 Å². The summed E-state index contributed by atoms with van der Waals surface area (Å²) in [5.74, 6) is -0.478. The third-order valence-electron chi connectivity index (χ3n) is 5.31. The SMILES string of the molecule is Cc1ccc2nc(CNc3ccc(N4CCCCC4)cc3C(N)=O)cc(=O)n2c1. The van der Waals surface area contributed by atoms with Crippen LogP contribution in [0.4, 0.5) is 11.4 Å². The van der Waals surface area contributed by atoms with Crippen LogP contribution in [-0.2, 0) is 6.54 Å². The Hall–Kier alpha value is -3.35. The van der Waals surface area contributed by atoms with Gasteiger partial charge in [0.25, 0.3) is 11.5 Å². The Labute approximate surface area is 169 Å². The van der Waals surface area contributed by atoms with Gasteiger partial charge in [-0.15, -0.1) is 0 Å². The Kier molecular flexibility index (Phi) is 5.20. The number of rotatable bonds is 5. The minimum Gasteiger partial charge on any atom is -0.379 e. The first kappa shape index (κ1) is 19.0. The van der Waals surface area contributed by atoms with E-state index in [0.717, 1.165) is 37.2 Å². The molecule has 0 saturated carbocycles. The average molecular weight is 391 g/mol. The number of benzene rings is 1. The summed E-state index contributed by atoms with van der Waals surface area (Å²) >= 11 is 0. The molecule has 7 nitrogen and oxygen atoms in total. The number of primary amides is 1. The fraction of sp³-hybridized carbons (Fsp3) is 0.318. The molecule has 1 fully saturated rings. The van der Waals surface area contributed by atoms with Gasteiger partial charge >= 0.3 is 0 Å². The number of nitrogens with one attached hydrogen (secondary N) is 1. The number of aryl methyl sites for hydroxylation is 1. The Bertz CT molecular complexity index is 1120. The summed E-state index contributed by atoms with van der Waals surface area (Å²) < 4.78 is 1.53. The van der Waals surface area contributed by atoms with Gasteiger partial charge in [0.1, 0.15) is 5.65 Å². The number of nitrogens with zero attached hydrogens (tertiary/aromatic N) is 3. The van der Waals surface area contributed by atoms with Gasteiger partial charge in [-0.05, 0) is 56.0 Å². The molecule has 0 spiro atoms. The molecule has 4 rings (SSSR count). The number of hydrogen-bond acceptors (Lipinski definition) is 5. The molecule has 1 aliphatic rings. The van der Waals surface area contributed by atoms with Crippen molar-refractivity contribution in [3.8, 4) is 0 Å². The van der Waals surface area contributed by atoms with Crippen LogP contribution in [0, 0.1) is 6.92 Å². The van der Waals surface area contributed by atoms with Crippen molar-refractivity contribution in [2.45, 2.75) is 32.7 Å². The average Bonchev–Trinajstić information content (AvgIpc) is 2.73. The number of amides is 1. The highest BCUT2D eigenvalue weighted by atomic mass is 16.1. The highest BCUT2D eigenvalue weighted by Crippen LogP contribution is 2.26. The van der Waals surface area contributed by atoms with E-state index in [1.165, 1.54) is 16.9 Å². The maximum Gasteiger partial charge on any atom is 0.258 e. The lowest BCUT2D eigenvalue weighted by atomic mass is 10.1. The first-order chi connectivity index (χ1) is 14.0. The number of piperidine rings is 1. The molecule has 150 valence electrons. The van der Waals surface area contributed by atoms with E-state index >= 15 is 0 Å². The first-order valence-electron chi connectivity index (χ1n) is 9.93. The second kappa shape index (κ2) is 7.95. The van der Waals surface area contributed by atoms with Crippen LogP contribution in [0.15, 0.2) is 47.4 Å². The highest BCUT2D eigenvalue weighted by molar-refractivity contribution is 5.99. The van der Waals surface area contributed by atoms with Crippen LogP contribution in [0.2, 0.25) is 0 Å². The van der Waals surface area contributed by atoms with Crippen molar-refractivity contribution in [3.63, 3.8) is 0 Å². The van der Waals surface area contributed by atoms with Crippen molar-refractivity contribution in [2.75, 3.05) is 23.3 Å². The second-order valence-corrected chi connectivity index (χ2v) is 7.52. The van der Waals surface area contributed by atoms with Gasteiger partial charge in [-0.1, -0.05) is 6.07 Å². The molecule has 0 atom stereocenters. The van der Waals surface area contributed by atoms with E-state index in [1.807, 2.05) is 37.3 Å². The maximum atomic E-state index is 12.4. The number of hydrogen-bond donors (Lipinski definition) is 2. The van der Waals surface area contributed by atoms with Gasteiger partial charge in [-0.25, -0.2) is 4.98 Å². The molecular weight excluding hydrogens is 366 g/mol. The minimum atomic E-state index is -0.478. The molecule has 3 aromatic rings. The van der Waals surface area contributed by atoms with E-state index in [1.54, 1.807) is 6.20 Å². The van der Waals surface area contributed by atoms with Crippen molar-refractivity contribution in [2.24, 2.45) is 5.73 Å². The van der Waals surface area contributed by atoms with Crippen LogP contribution in [-0.4, -0.2) is 28.4 Å². The van der Waals surface area contributed by atoms with Gasteiger partial charge in [-0.3, -0.25) is 14.0 Å². The second-order valence-electron chi connectivity index (χ2n) is 7.52. The van der Waals surface area contributed by atoms with Gasteiger partial charge in [0.05, 0.1) is 17.8 Å². The van der Waals surface area contributed by atoms with Gasteiger partial charge in [0.15, 0.2) is 0 Å². The molecule has 1 amide bonds. The molecular formula is C22H25N5O2. The number of carbonyl (C=O) groups excluding carboxylic acids is 1. The summed E-state index contributed by atoms with van der Waals surface area (Å²) in [5, 5.41) is 3.21. The zero-order valence-electron chi connectivity index (χ0n) is 16.5. The lowest BCUT2D eigenvalue weighted by molar-refractivity contribution is 0.100. The molecule has 3 N–H and O–H groups in total. The van der Waals surface area contributed by atoms with Gasteiger partial charge < -0.3 is 16.0 Å². The Morgan fingerprint density at radius 1 is 1.14 bits per heavy atom. The fourth-order valence-corrected chi connectivity index (χ4v) is 3.77. The van der Waals surface area contributed by atoms with Crippen LogP contribution in [0.25, 0.3) is 5.65 Å². The van der Waals surface area contributed by atoms with Crippen molar-refractivity contribution in [1.82, 2.24) is 9.38 Å². The van der Waals surface area contributed by atoms with E-state index in [4.69, 9.17) is 5.73 Å². The van der Waals surface area contributed by atoms with Crippen molar-refractivity contribution in [1.29, 1.82) is 0 Å². The maximum absolute atomic E-state index is 12.4. The number of anilines is 2. The van der Waals surface area contributed by atoms with Gasteiger partial charge in [0.2, 0.25) is 0 Å². The molecule has 0 aliphatic carbocycles. The molecule has 0 unspecified atom stereocenters. The third-order valence-corrected chi connectivity index (χ3v) is 5.31. The molecule has 1 aromatic carbocycles. The zero-order chi connectivity index (χ0) is 20.4. The molecule has 1 aliphatic heterocycles. The minimum absolute atomic E-state index is 0.133. The molecule has 3 heterocycles. The molecule has 2 aromatic heterocycles. The third kappa shape index (κ3) is 4.08. The monoisotopic (exact) mass is 391 g/mol. The van der Waals surface area contributed by atoms with Gasteiger partial charge in [0, 0.05) is 36.7 Å². The quantitative estimate of drug-likeness (QED) is 0.698. The van der Waals surface area contributed by atoms with Gasteiger partial charge in [-0.2, -0.15) is 0 Å². The van der Waals surface area contributed by atoms with Crippen LogP contribution >= 0.6 is 0 Å². The normalized spacial score (nSPS) is 14.2. The summed E-state index contributed by atoms with van der Waals surface area (Å²) in [5.41, 5.74) is 9.79. The largest absolute Gasteiger partial charge is 0.379 e. The van der Waals surface area contributed by atoms with E-state index < -0.39 is 5.91 Å². The lowest BCUT2D eigenvalue weighted by Gasteiger charge is -2.29. The Morgan fingerprint density at radius 2 is 1.93 bits per heavy atom. The van der Waals surface area contributed by atoms with E-state index in [2.05, 4.69) is 15.2 Å².